The summed E-state index contributed by atoms with van der Waals surface area (Å²) in [6, 6.07) is 0. The third kappa shape index (κ3) is 30.0. The topological polar surface area (TPSA) is 108 Å². The monoisotopic (exact) mass is 848 g/mol. The van der Waals surface area contributed by atoms with Crippen molar-refractivity contribution in [3.63, 3.8) is 0 Å². The molecule has 0 amide bonds. The second-order valence-corrected chi connectivity index (χ2v) is 18.1. The van der Waals surface area contributed by atoms with Gasteiger partial charge in [-0.3, -0.25) is 14.4 Å². The van der Waals surface area contributed by atoms with Crippen LogP contribution < -0.4 is 5.32 Å². The van der Waals surface area contributed by atoms with E-state index in [1.54, 1.807) is 4.90 Å². The number of nitrogens with zero attached hydrogens (tertiary/aromatic N) is 2. The van der Waals surface area contributed by atoms with Gasteiger partial charge >= 0.3 is 11.9 Å². The van der Waals surface area contributed by atoms with Gasteiger partial charge in [0.1, 0.15) is 11.8 Å². The summed E-state index contributed by atoms with van der Waals surface area (Å²) in [5.41, 5.74) is 1.23. The summed E-state index contributed by atoms with van der Waals surface area (Å²) < 4.78 is 11.5. The number of carbonyl (C=O) groups is 3. The minimum absolute atomic E-state index is 0.00253. The van der Waals surface area contributed by atoms with Crippen LogP contribution in [0.4, 0.5) is 0 Å². The molecule has 0 spiro atoms. The lowest BCUT2D eigenvalue weighted by molar-refractivity contribution is -0.150. The highest BCUT2D eigenvalue weighted by atomic mass is 16.5. The second-order valence-electron chi connectivity index (χ2n) is 18.1. The fourth-order valence-electron chi connectivity index (χ4n) is 8.35. The Labute approximate surface area is 370 Å². The van der Waals surface area contributed by atoms with Gasteiger partial charge in [-0.05, 0) is 83.8 Å². The number of hydrogen-bond donors (Lipinski definition) is 2. The van der Waals surface area contributed by atoms with Crippen molar-refractivity contribution in [2.24, 2.45) is 0 Å². The first-order chi connectivity index (χ1) is 29.2. The fourth-order valence-corrected chi connectivity index (χ4v) is 8.35. The molecule has 1 aliphatic rings. The summed E-state index contributed by atoms with van der Waals surface area (Å²) in [6.07, 6.45) is 37.8. The molecule has 9 heteroatoms. The Kier molecular flexibility index (Phi) is 37.0. The smallest absolute Gasteiger partial charge is 0.306 e. The molecule has 9 nitrogen and oxygen atoms in total. The zero-order chi connectivity index (χ0) is 43.9. The molecule has 0 heterocycles. The maximum Gasteiger partial charge on any atom is 0.306 e. The summed E-state index contributed by atoms with van der Waals surface area (Å²) in [4.78, 5) is 41.4. The van der Waals surface area contributed by atoms with Crippen molar-refractivity contribution in [1.82, 2.24) is 15.1 Å². The lowest BCUT2D eigenvalue weighted by Gasteiger charge is -2.33. The first-order valence-corrected chi connectivity index (χ1v) is 25.7. The number of hydrogen-bond acceptors (Lipinski definition) is 9. The normalized spacial score (nSPS) is 14.0. The number of rotatable bonds is 45. The minimum Gasteiger partial charge on any atom is -0.466 e. The standard InChI is InChI=1S/C51H97N3O6/c1-6-9-12-15-18-27-34-44-59-46(55)38-30-23-19-25-32-41-54(43-35-40-52-48-49(53(4)5)51(58)50(48)57)42-33-26-20-24-31-39-47(56)60-45(36-28-21-16-13-10-7-2)37-29-22-17-14-11-8-3/h45,50,52,57H,6-44H2,1-5H3. The summed E-state index contributed by atoms with van der Waals surface area (Å²) in [5.74, 6) is -0.250. The summed E-state index contributed by atoms with van der Waals surface area (Å²) in [5, 5.41) is 13.5. The number of Topliss-reactive ketones (excluding diaryl/α,β-unsaturated/α-hetero) is 1. The average molecular weight is 848 g/mol. The highest BCUT2D eigenvalue weighted by Crippen LogP contribution is 2.24. The molecule has 2 N–H and O–H groups in total. The molecule has 0 saturated heterocycles. The maximum atomic E-state index is 12.9. The Morgan fingerprint density at radius 3 is 1.48 bits per heavy atom. The predicted molar refractivity (Wildman–Crippen MR) is 251 cm³/mol. The van der Waals surface area contributed by atoms with Crippen molar-refractivity contribution in [3.8, 4) is 0 Å². The molecule has 60 heavy (non-hydrogen) atoms. The lowest BCUT2D eigenvalue weighted by atomic mass is 9.94. The van der Waals surface area contributed by atoms with Crippen LogP contribution in [0.3, 0.4) is 0 Å². The summed E-state index contributed by atoms with van der Waals surface area (Å²) in [7, 11) is 3.67. The van der Waals surface area contributed by atoms with Crippen LogP contribution in [0.15, 0.2) is 11.4 Å². The highest BCUT2D eigenvalue weighted by Gasteiger charge is 2.39. The third-order valence-corrected chi connectivity index (χ3v) is 12.2. The number of esters is 2. The number of unbranched alkanes of at least 4 members (excludes halogenated alkanes) is 24. The molecule has 0 aromatic rings. The number of aliphatic hydroxyl groups excluding tert-OH is 1. The molecule has 1 unspecified atom stereocenters. The van der Waals surface area contributed by atoms with Gasteiger partial charge in [0.2, 0.25) is 5.78 Å². The van der Waals surface area contributed by atoms with Crippen molar-refractivity contribution in [2.45, 2.75) is 251 Å². The molecule has 0 bridgehead atoms. The van der Waals surface area contributed by atoms with E-state index in [0.29, 0.717) is 30.8 Å². The molecule has 0 radical (unpaired) electrons. The summed E-state index contributed by atoms with van der Waals surface area (Å²) >= 11 is 0. The molecule has 0 fully saturated rings. The zero-order valence-corrected chi connectivity index (χ0v) is 40.1. The molecule has 1 atom stereocenters. The van der Waals surface area contributed by atoms with Gasteiger partial charge in [0.05, 0.1) is 12.3 Å². The Hall–Kier alpha value is -2.13. The quantitative estimate of drug-likeness (QED) is 0.0457. The van der Waals surface area contributed by atoms with Crippen LogP contribution in [-0.4, -0.2) is 91.7 Å². The first-order valence-electron chi connectivity index (χ1n) is 25.7. The molecular weight excluding hydrogens is 751 g/mol. The van der Waals surface area contributed by atoms with E-state index < -0.39 is 6.10 Å². The van der Waals surface area contributed by atoms with E-state index in [1.807, 2.05) is 14.1 Å². The van der Waals surface area contributed by atoms with Crippen LogP contribution in [0.1, 0.15) is 239 Å². The van der Waals surface area contributed by atoms with Gasteiger partial charge in [-0.2, -0.15) is 0 Å². The van der Waals surface area contributed by atoms with E-state index in [2.05, 4.69) is 31.0 Å². The Morgan fingerprint density at radius 2 is 0.983 bits per heavy atom. The van der Waals surface area contributed by atoms with E-state index in [1.165, 1.54) is 109 Å². The molecule has 0 saturated carbocycles. The van der Waals surface area contributed by atoms with Gasteiger partial charge in [-0.1, -0.05) is 162 Å². The van der Waals surface area contributed by atoms with Crippen LogP contribution >= 0.6 is 0 Å². The molecule has 0 aromatic carbocycles. The fraction of sp³-hybridized carbons (Fsp3) is 0.902. The molecular formula is C51H97N3O6. The van der Waals surface area contributed by atoms with Gasteiger partial charge in [0, 0.05) is 33.5 Å². The van der Waals surface area contributed by atoms with Crippen LogP contribution in [0.2, 0.25) is 0 Å². The third-order valence-electron chi connectivity index (χ3n) is 12.2. The first kappa shape index (κ1) is 55.9. The van der Waals surface area contributed by atoms with E-state index in [4.69, 9.17) is 9.47 Å². The SMILES string of the molecule is CCCCCCCCCOC(=O)CCCCCCCN(CCCCCCCC(=O)OC(CCCCCCCC)CCCCCCCC)CCCNC1=C(N(C)C)C(=O)C1O. The van der Waals surface area contributed by atoms with E-state index in [0.717, 1.165) is 122 Å². The van der Waals surface area contributed by atoms with Gasteiger partial charge in [0.25, 0.3) is 0 Å². The largest absolute Gasteiger partial charge is 0.466 e. The van der Waals surface area contributed by atoms with Crippen LogP contribution in [0, 0.1) is 0 Å². The zero-order valence-electron chi connectivity index (χ0n) is 40.1. The number of nitrogens with one attached hydrogen (secondary N) is 1. The highest BCUT2D eigenvalue weighted by molar-refractivity contribution is 6.07. The molecule has 1 aliphatic carbocycles. The number of ether oxygens (including phenoxy) is 2. The molecule has 0 aliphatic heterocycles. The molecule has 1 rings (SSSR count). The summed E-state index contributed by atoms with van der Waals surface area (Å²) in [6.45, 7) is 11.1. The van der Waals surface area contributed by atoms with Crippen LogP contribution in [-0.2, 0) is 23.9 Å². The molecule has 352 valence electrons. The second kappa shape index (κ2) is 39.7. The van der Waals surface area contributed by atoms with Crippen LogP contribution in [0.25, 0.3) is 0 Å². The van der Waals surface area contributed by atoms with Gasteiger partial charge in [0.15, 0.2) is 6.10 Å². The van der Waals surface area contributed by atoms with Crippen molar-refractivity contribution < 1.29 is 29.0 Å². The number of carbonyl (C=O) groups excluding carboxylic acids is 3. The Balaban J connectivity index is 2.39. The van der Waals surface area contributed by atoms with Gasteiger partial charge in [-0.25, -0.2) is 0 Å². The van der Waals surface area contributed by atoms with Gasteiger partial charge < -0.3 is 29.7 Å². The van der Waals surface area contributed by atoms with Crippen molar-refractivity contribution in [2.75, 3.05) is 46.9 Å². The van der Waals surface area contributed by atoms with E-state index >= 15 is 0 Å². The molecule has 0 aromatic heterocycles. The number of likely N-dealkylation sites (N-methyl/N-ethyl adjacent to an activating group) is 1. The lowest BCUT2D eigenvalue weighted by Crippen LogP contribution is -2.48. The van der Waals surface area contributed by atoms with E-state index in [-0.39, 0.29) is 23.8 Å². The Bertz CT molecular complexity index is 1070. The number of aliphatic hydroxyl groups is 1. The average Bonchev–Trinajstić information content (AvgIpc) is 3.23. The van der Waals surface area contributed by atoms with Crippen molar-refractivity contribution in [1.29, 1.82) is 0 Å². The predicted octanol–water partition coefficient (Wildman–Crippen LogP) is 12.4. The number of ketones is 1. The van der Waals surface area contributed by atoms with Crippen molar-refractivity contribution >= 4 is 17.7 Å². The van der Waals surface area contributed by atoms with E-state index in [9.17, 15) is 19.5 Å². The minimum atomic E-state index is -1.02. The maximum absolute atomic E-state index is 12.9. The van der Waals surface area contributed by atoms with Crippen molar-refractivity contribution in [3.05, 3.63) is 11.4 Å². The van der Waals surface area contributed by atoms with Gasteiger partial charge in [-0.15, -0.1) is 0 Å². The Morgan fingerprint density at radius 1 is 0.567 bits per heavy atom. The van der Waals surface area contributed by atoms with Crippen LogP contribution in [0.5, 0.6) is 0 Å².